The van der Waals surface area contributed by atoms with Gasteiger partial charge in [-0.2, -0.15) is 0 Å². The van der Waals surface area contributed by atoms with Gasteiger partial charge in [-0.3, -0.25) is 14.4 Å². The second-order valence-corrected chi connectivity index (χ2v) is 6.57. The lowest BCUT2D eigenvalue weighted by Gasteiger charge is -2.05. The molecule has 0 saturated carbocycles. The van der Waals surface area contributed by atoms with Crippen LogP contribution in [0.25, 0.3) is 0 Å². The Balaban J connectivity index is 1.78. The quantitative estimate of drug-likeness (QED) is 0.604. The first-order chi connectivity index (χ1) is 11.8. The topological polar surface area (TPSA) is 85.4 Å². The summed E-state index contributed by atoms with van der Waals surface area (Å²) in [6.07, 6.45) is 0.129. The van der Waals surface area contributed by atoms with Crippen LogP contribution in [0.3, 0.4) is 0 Å². The minimum absolute atomic E-state index is 0.0206. The van der Waals surface area contributed by atoms with Crippen molar-refractivity contribution < 1.29 is 19.1 Å². The third kappa shape index (κ3) is 5.79. The van der Waals surface area contributed by atoms with Crippen molar-refractivity contribution in [3.8, 4) is 0 Å². The molecule has 132 valence electrons. The number of rotatable bonds is 7. The van der Waals surface area contributed by atoms with E-state index < -0.39 is 5.97 Å². The second kappa shape index (κ2) is 8.53. The van der Waals surface area contributed by atoms with Crippen molar-refractivity contribution in [1.82, 2.24) is 4.98 Å². The lowest BCUT2D eigenvalue weighted by atomic mass is 10.0. The number of nitrogens with one attached hydrogen (secondary N) is 1. The average molecular weight is 360 g/mol. The van der Waals surface area contributed by atoms with Gasteiger partial charge in [0.2, 0.25) is 5.91 Å². The Bertz CT molecular complexity index is 798. The Hall–Kier alpha value is -2.54. The van der Waals surface area contributed by atoms with E-state index in [9.17, 15) is 14.4 Å². The van der Waals surface area contributed by atoms with Gasteiger partial charge in [0, 0.05) is 24.3 Å². The maximum absolute atomic E-state index is 12.1. The Morgan fingerprint density at radius 2 is 1.92 bits per heavy atom. The highest BCUT2D eigenvalue weighted by atomic mass is 32.1. The Labute approximate surface area is 150 Å². The molecule has 0 aliphatic rings. The van der Waals surface area contributed by atoms with Gasteiger partial charge >= 0.3 is 5.97 Å². The molecule has 0 bridgehead atoms. The van der Waals surface area contributed by atoms with Crippen LogP contribution in [0.4, 0.5) is 5.13 Å². The highest BCUT2D eigenvalue weighted by molar-refractivity contribution is 7.13. The lowest BCUT2D eigenvalue weighted by Crippen LogP contribution is -2.09. The lowest BCUT2D eigenvalue weighted by molar-refractivity contribution is -0.145. The van der Waals surface area contributed by atoms with E-state index in [1.165, 1.54) is 18.3 Å². The van der Waals surface area contributed by atoms with Crippen molar-refractivity contribution in [1.29, 1.82) is 0 Å². The largest absolute Gasteiger partial charge is 0.459 e. The molecular weight excluding hydrogens is 340 g/mol. The maximum Gasteiger partial charge on any atom is 0.306 e. The molecule has 1 heterocycles. The summed E-state index contributed by atoms with van der Waals surface area (Å²) in [5, 5.41) is 4.73. The monoisotopic (exact) mass is 360 g/mol. The van der Waals surface area contributed by atoms with Crippen LogP contribution in [0.5, 0.6) is 0 Å². The first-order valence-corrected chi connectivity index (χ1v) is 8.71. The molecule has 0 saturated heterocycles. The summed E-state index contributed by atoms with van der Waals surface area (Å²) in [4.78, 5) is 39.0. The molecule has 2 rings (SSSR count). The molecule has 1 N–H and O–H groups in total. The molecule has 7 heteroatoms. The van der Waals surface area contributed by atoms with E-state index in [1.807, 2.05) is 26.0 Å². The normalized spacial score (nSPS) is 10.4. The number of Topliss-reactive ketones (excluding diaryl/α,β-unsaturated/α-hetero) is 1. The number of carbonyl (C=O) groups is 3. The number of carbonyl (C=O) groups excluding carboxylic acids is 3. The van der Waals surface area contributed by atoms with E-state index in [4.69, 9.17) is 4.74 Å². The third-order valence-electron chi connectivity index (χ3n) is 3.60. The van der Waals surface area contributed by atoms with Crippen LogP contribution >= 0.6 is 11.3 Å². The van der Waals surface area contributed by atoms with E-state index in [-0.39, 0.29) is 31.1 Å². The number of nitrogens with zero attached hydrogens (tertiary/aromatic N) is 1. The molecule has 1 aromatic heterocycles. The van der Waals surface area contributed by atoms with E-state index in [0.717, 1.165) is 11.1 Å². The third-order valence-corrected chi connectivity index (χ3v) is 4.41. The summed E-state index contributed by atoms with van der Waals surface area (Å²) in [7, 11) is 0. The van der Waals surface area contributed by atoms with Crippen molar-refractivity contribution in [3.63, 3.8) is 0 Å². The number of aryl methyl sites for hydroxylation is 2. The number of thiazole rings is 1. The van der Waals surface area contributed by atoms with Gasteiger partial charge in [-0.25, -0.2) is 4.98 Å². The summed E-state index contributed by atoms with van der Waals surface area (Å²) in [5.74, 6) is -0.740. The maximum atomic E-state index is 12.1. The smallest absolute Gasteiger partial charge is 0.306 e. The first-order valence-electron chi connectivity index (χ1n) is 7.83. The number of hydrogen-bond acceptors (Lipinski definition) is 6. The fourth-order valence-electron chi connectivity index (χ4n) is 2.08. The minimum Gasteiger partial charge on any atom is -0.459 e. The molecule has 25 heavy (non-hydrogen) atoms. The number of hydrogen-bond donors (Lipinski definition) is 1. The van der Waals surface area contributed by atoms with Gasteiger partial charge < -0.3 is 10.1 Å². The van der Waals surface area contributed by atoms with Gasteiger partial charge in [-0.1, -0.05) is 12.1 Å². The summed E-state index contributed by atoms with van der Waals surface area (Å²) < 4.78 is 5.12. The van der Waals surface area contributed by atoms with E-state index in [1.54, 1.807) is 11.4 Å². The van der Waals surface area contributed by atoms with Crippen LogP contribution < -0.4 is 5.32 Å². The zero-order chi connectivity index (χ0) is 18.4. The molecule has 2 aromatic rings. The van der Waals surface area contributed by atoms with Crippen LogP contribution in [0.15, 0.2) is 23.6 Å². The molecule has 1 amide bonds. The molecule has 6 nitrogen and oxygen atoms in total. The van der Waals surface area contributed by atoms with Crippen LogP contribution in [-0.4, -0.2) is 22.6 Å². The summed E-state index contributed by atoms with van der Waals surface area (Å²) >= 11 is 1.26. The number of ketones is 1. The number of amides is 1. The molecule has 0 spiro atoms. The van der Waals surface area contributed by atoms with Crippen molar-refractivity contribution >= 4 is 34.1 Å². The first kappa shape index (κ1) is 18.8. The Morgan fingerprint density at radius 1 is 1.16 bits per heavy atom. The van der Waals surface area contributed by atoms with Gasteiger partial charge in [0.15, 0.2) is 10.9 Å². The summed E-state index contributed by atoms with van der Waals surface area (Å²) in [6.45, 7) is 5.35. The number of benzene rings is 1. The fraction of sp³-hybridized carbons (Fsp3) is 0.333. The van der Waals surface area contributed by atoms with E-state index in [0.29, 0.717) is 16.4 Å². The van der Waals surface area contributed by atoms with Crippen molar-refractivity contribution in [2.75, 3.05) is 5.32 Å². The van der Waals surface area contributed by atoms with Crippen LogP contribution in [0, 0.1) is 13.8 Å². The van der Waals surface area contributed by atoms with Crippen LogP contribution in [0.1, 0.15) is 46.9 Å². The highest BCUT2D eigenvalue weighted by Gasteiger charge is 2.12. The Kier molecular flexibility index (Phi) is 6.41. The van der Waals surface area contributed by atoms with Gasteiger partial charge in [-0.05, 0) is 31.0 Å². The average Bonchev–Trinajstić information content (AvgIpc) is 2.99. The summed E-state index contributed by atoms with van der Waals surface area (Å²) in [5.41, 5.74) is 3.34. The molecule has 0 atom stereocenters. The SMILES string of the molecule is CC(=O)Nc1nc(COC(=O)CCC(=O)c2ccc(C)c(C)c2)cs1. The van der Waals surface area contributed by atoms with Crippen LogP contribution in [0.2, 0.25) is 0 Å². The van der Waals surface area contributed by atoms with Gasteiger partial charge in [-0.15, -0.1) is 11.3 Å². The fourth-order valence-corrected chi connectivity index (χ4v) is 2.82. The number of aromatic nitrogens is 1. The highest BCUT2D eigenvalue weighted by Crippen LogP contribution is 2.16. The molecule has 0 fully saturated rings. The molecular formula is C18H20N2O4S. The van der Waals surface area contributed by atoms with E-state index in [2.05, 4.69) is 10.3 Å². The predicted molar refractivity (Wildman–Crippen MR) is 95.7 cm³/mol. The zero-order valence-corrected chi connectivity index (χ0v) is 15.2. The van der Waals surface area contributed by atoms with Gasteiger partial charge in [0.25, 0.3) is 0 Å². The standard InChI is InChI=1S/C18H20N2O4S/c1-11-4-5-14(8-12(11)2)16(22)6-7-17(23)24-9-15-10-25-18(20-15)19-13(3)21/h4-5,8,10H,6-7,9H2,1-3H3,(H,19,20,21). The summed E-state index contributed by atoms with van der Waals surface area (Å²) in [6, 6.07) is 5.51. The number of anilines is 1. The zero-order valence-electron chi connectivity index (χ0n) is 14.4. The van der Waals surface area contributed by atoms with Crippen molar-refractivity contribution in [2.45, 2.75) is 40.2 Å². The van der Waals surface area contributed by atoms with Gasteiger partial charge in [0.05, 0.1) is 12.1 Å². The molecule has 0 radical (unpaired) electrons. The molecule has 0 aliphatic heterocycles. The number of ether oxygens (including phenoxy) is 1. The predicted octanol–water partition coefficient (Wildman–Crippen LogP) is 3.42. The van der Waals surface area contributed by atoms with Gasteiger partial charge in [0.1, 0.15) is 6.61 Å². The van der Waals surface area contributed by atoms with E-state index >= 15 is 0 Å². The van der Waals surface area contributed by atoms with Crippen LogP contribution in [-0.2, 0) is 20.9 Å². The molecule has 0 aliphatic carbocycles. The molecule has 0 unspecified atom stereocenters. The molecule has 1 aromatic carbocycles. The van der Waals surface area contributed by atoms with Crippen molar-refractivity contribution in [3.05, 3.63) is 46.0 Å². The minimum atomic E-state index is -0.453. The Morgan fingerprint density at radius 3 is 2.60 bits per heavy atom. The number of esters is 1. The van der Waals surface area contributed by atoms with Crippen molar-refractivity contribution in [2.24, 2.45) is 0 Å². The second-order valence-electron chi connectivity index (χ2n) is 5.71.